The number of esters is 1. The van der Waals surface area contributed by atoms with Crippen molar-refractivity contribution in [2.45, 2.75) is 32.1 Å². The molecule has 2 aliphatic rings. The Morgan fingerprint density at radius 1 is 1.41 bits per heavy atom. The highest BCUT2D eigenvalue weighted by Gasteiger charge is 2.40. The van der Waals surface area contributed by atoms with E-state index in [0.29, 0.717) is 28.8 Å². The number of amides is 1. The quantitative estimate of drug-likeness (QED) is 0.847. The van der Waals surface area contributed by atoms with Crippen LogP contribution in [0.4, 0.5) is 5.00 Å². The van der Waals surface area contributed by atoms with Gasteiger partial charge in [-0.3, -0.25) is 9.59 Å². The second kappa shape index (κ2) is 6.49. The molecule has 0 saturated heterocycles. The molecule has 0 aromatic carbocycles. The summed E-state index contributed by atoms with van der Waals surface area (Å²) in [6.07, 6.45) is 5.36. The number of fused-ring (bicyclic) bond motifs is 2. The van der Waals surface area contributed by atoms with Gasteiger partial charge in [0.1, 0.15) is 11.1 Å². The molecule has 0 radical (unpaired) electrons. The van der Waals surface area contributed by atoms with Crippen LogP contribution in [0.25, 0.3) is 0 Å². The lowest BCUT2D eigenvalue weighted by molar-refractivity contribution is -0.148. The molecule has 0 spiro atoms. The molecule has 0 aliphatic heterocycles. The molecule has 2 aliphatic carbocycles. The summed E-state index contributed by atoms with van der Waals surface area (Å²) in [5, 5.41) is 13.7. The van der Waals surface area contributed by atoms with Crippen molar-refractivity contribution in [2.75, 3.05) is 11.9 Å². The minimum atomic E-state index is -0.403. The Bertz CT molecular complexity index is 619. The number of anilines is 1. The first kappa shape index (κ1) is 15.0. The molecular formula is C16H18N2O3S. The zero-order valence-corrected chi connectivity index (χ0v) is 13.0. The van der Waals surface area contributed by atoms with E-state index < -0.39 is 5.91 Å². The van der Waals surface area contributed by atoms with Crippen molar-refractivity contribution in [1.29, 1.82) is 5.26 Å². The Hall–Kier alpha value is -1.87. The number of carbonyl (C=O) groups excluding carboxylic acids is 2. The van der Waals surface area contributed by atoms with Crippen LogP contribution in [0.2, 0.25) is 0 Å². The first-order valence-electron chi connectivity index (χ1n) is 7.58. The van der Waals surface area contributed by atoms with Crippen LogP contribution in [-0.2, 0) is 14.3 Å². The van der Waals surface area contributed by atoms with Crippen LogP contribution in [0, 0.1) is 29.1 Å². The topological polar surface area (TPSA) is 79.2 Å². The molecule has 5 nitrogen and oxygen atoms in total. The van der Waals surface area contributed by atoms with Gasteiger partial charge in [-0.1, -0.05) is 6.42 Å². The van der Waals surface area contributed by atoms with E-state index in [1.54, 1.807) is 11.4 Å². The summed E-state index contributed by atoms with van der Waals surface area (Å²) in [4.78, 5) is 23.6. The zero-order chi connectivity index (χ0) is 15.5. The Morgan fingerprint density at radius 3 is 2.95 bits per heavy atom. The Morgan fingerprint density at radius 2 is 2.27 bits per heavy atom. The van der Waals surface area contributed by atoms with Gasteiger partial charge in [0.25, 0.3) is 5.91 Å². The van der Waals surface area contributed by atoms with Crippen LogP contribution in [0.15, 0.2) is 11.4 Å². The first-order chi connectivity index (χ1) is 10.7. The van der Waals surface area contributed by atoms with E-state index >= 15 is 0 Å². The highest BCUT2D eigenvalue weighted by atomic mass is 32.1. The van der Waals surface area contributed by atoms with Gasteiger partial charge < -0.3 is 10.1 Å². The van der Waals surface area contributed by atoms with Gasteiger partial charge in [-0.05, 0) is 48.5 Å². The maximum absolute atomic E-state index is 11.9. The largest absolute Gasteiger partial charge is 0.456 e. The summed E-state index contributed by atoms with van der Waals surface area (Å²) in [7, 11) is 0. The lowest BCUT2D eigenvalue weighted by Crippen LogP contribution is -2.23. The van der Waals surface area contributed by atoms with E-state index in [1.807, 2.05) is 6.07 Å². The number of nitrogens with one attached hydrogen (secondary N) is 1. The van der Waals surface area contributed by atoms with E-state index in [2.05, 4.69) is 5.32 Å². The first-order valence-corrected chi connectivity index (χ1v) is 8.46. The van der Waals surface area contributed by atoms with Crippen molar-refractivity contribution in [1.82, 2.24) is 0 Å². The van der Waals surface area contributed by atoms with E-state index in [9.17, 15) is 9.59 Å². The van der Waals surface area contributed by atoms with Gasteiger partial charge in [0.15, 0.2) is 6.61 Å². The Balaban J connectivity index is 1.41. The SMILES string of the molecule is N#Cc1ccsc1NC(=O)COC(=O)C[C@@H]1C[C@@H]2CC[C@@H]1C2. The summed E-state index contributed by atoms with van der Waals surface area (Å²) in [6.45, 7) is -0.289. The Labute approximate surface area is 133 Å². The molecule has 3 atom stereocenters. The van der Waals surface area contributed by atoms with E-state index in [-0.39, 0.29) is 12.6 Å². The predicted molar refractivity (Wildman–Crippen MR) is 82.2 cm³/mol. The molecule has 0 unspecified atom stereocenters. The Kier molecular flexibility index (Phi) is 4.44. The smallest absolute Gasteiger partial charge is 0.306 e. The normalized spacial score (nSPS) is 25.7. The molecule has 2 bridgehead atoms. The van der Waals surface area contributed by atoms with Crippen LogP contribution >= 0.6 is 11.3 Å². The van der Waals surface area contributed by atoms with Gasteiger partial charge in [-0.15, -0.1) is 11.3 Å². The molecule has 1 N–H and O–H groups in total. The molecule has 116 valence electrons. The van der Waals surface area contributed by atoms with Crippen molar-refractivity contribution in [2.24, 2.45) is 17.8 Å². The van der Waals surface area contributed by atoms with Crippen LogP contribution in [0.3, 0.4) is 0 Å². The predicted octanol–water partition coefficient (Wildman–Crippen LogP) is 2.93. The van der Waals surface area contributed by atoms with Crippen molar-refractivity contribution in [3.05, 3.63) is 17.0 Å². The van der Waals surface area contributed by atoms with Crippen molar-refractivity contribution < 1.29 is 14.3 Å². The molecule has 2 saturated carbocycles. The third-order valence-electron chi connectivity index (χ3n) is 4.72. The summed E-state index contributed by atoms with van der Waals surface area (Å²) in [6, 6.07) is 3.64. The van der Waals surface area contributed by atoms with Crippen LogP contribution in [0.5, 0.6) is 0 Å². The standard InChI is InChI=1S/C16H18N2O3S/c17-8-12-3-4-22-16(12)18-14(19)9-21-15(20)7-13-6-10-1-2-11(13)5-10/h3-4,10-11,13H,1-2,5-7,9H2,(H,18,19)/t10-,11-,13+/m1/s1. The number of thiophene rings is 1. The number of carbonyl (C=O) groups is 2. The van der Waals surface area contributed by atoms with Gasteiger partial charge in [0.2, 0.25) is 0 Å². The van der Waals surface area contributed by atoms with Crippen molar-refractivity contribution >= 4 is 28.2 Å². The zero-order valence-electron chi connectivity index (χ0n) is 12.2. The maximum Gasteiger partial charge on any atom is 0.306 e. The van der Waals surface area contributed by atoms with Gasteiger partial charge in [-0.25, -0.2) is 0 Å². The van der Waals surface area contributed by atoms with Crippen molar-refractivity contribution in [3.8, 4) is 6.07 Å². The molecule has 1 amide bonds. The average Bonchev–Trinajstić information content (AvgIpc) is 3.21. The second-order valence-corrected chi connectivity index (χ2v) is 7.04. The highest BCUT2D eigenvalue weighted by molar-refractivity contribution is 7.14. The molecule has 6 heteroatoms. The van der Waals surface area contributed by atoms with Gasteiger partial charge in [-0.2, -0.15) is 5.26 Å². The van der Waals surface area contributed by atoms with E-state index in [1.165, 1.54) is 30.6 Å². The van der Waals surface area contributed by atoms with Gasteiger partial charge in [0.05, 0.1) is 5.56 Å². The minimum Gasteiger partial charge on any atom is -0.456 e. The molecular weight excluding hydrogens is 300 g/mol. The average molecular weight is 318 g/mol. The fourth-order valence-electron chi connectivity index (χ4n) is 3.70. The van der Waals surface area contributed by atoms with Gasteiger partial charge in [0, 0.05) is 6.42 Å². The lowest BCUT2D eigenvalue weighted by Gasteiger charge is -2.20. The third-order valence-corrected chi connectivity index (χ3v) is 5.55. The van der Waals surface area contributed by atoms with Crippen LogP contribution in [-0.4, -0.2) is 18.5 Å². The maximum atomic E-state index is 11.9. The molecule has 22 heavy (non-hydrogen) atoms. The highest BCUT2D eigenvalue weighted by Crippen LogP contribution is 2.49. The monoisotopic (exact) mass is 318 g/mol. The molecule has 2 fully saturated rings. The fraction of sp³-hybridized carbons (Fsp3) is 0.562. The fourth-order valence-corrected chi connectivity index (χ4v) is 4.46. The van der Waals surface area contributed by atoms with Crippen molar-refractivity contribution in [3.63, 3.8) is 0 Å². The molecule has 3 rings (SSSR count). The number of ether oxygens (including phenoxy) is 1. The number of nitriles is 1. The van der Waals surface area contributed by atoms with E-state index in [0.717, 1.165) is 12.3 Å². The van der Waals surface area contributed by atoms with Crippen LogP contribution < -0.4 is 5.32 Å². The van der Waals surface area contributed by atoms with E-state index in [4.69, 9.17) is 10.00 Å². The summed E-state index contributed by atoms with van der Waals surface area (Å²) in [5.41, 5.74) is 0.423. The summed E-state index contributed by atoms with van der Waals surface area (Å²) >= 11 is 1.28. The summed E-state index contributed by atoms with van der Waals surface area (Å²) in [5.74, 6) is 1.22. The number of rotatable bonds is 5. The molecule has 1 heterocycles. The molecule has 1 aromatic heterocycles. The second-order valence-electron chi connectivity index (χ2n) is 6.12. The number of hydrogen-bond acceptors (Lipinski definition) is 5. The number of hydrogen-bond donors (Lipinski definition) is 1. The van der Waals surface area contributed by atoms with Gasteiger partial charge >= 0.3 is 5.97 Å². The van der Waals surface area contributed by atoms with Crippen LogP contribution in [0.1, 0.15) is 37.7 Å². The third kappa shape index (κ3) is 3.30. The minimum absolute atomic E-state index is 0.289. The summed E-state index contributed by atoms with van der Waals surface area (Å²) < 4.78 is 5.07. The molecule has 1 aromatic rings. The number of nitrogens with zero attached hydrogens (tertiary/aromatic N) is 1. The lowest BCUT2D eigenvalue weighted by atomic mass is 9.86.